The van der Waals surface area contributed by atoms with Crippen LogP contribution in [0.15, 0.2) is 24.3 Å². The highest BCUT2D eigenvalue weighted by Gasteiger charge is 2.35. The molecular formula is C15H18N2O2. The van der Waals surface area contributed by atoms with Crippen LogP contribution in [0.4, 0.5) is 0 Å². The molecule has 0 saturated heterocycles. The number of fused-ring (bicyclic) bond motifs is 1. The van der Waals surface area contributed by atoms with Crippen molar-refractivity contribution in [2.24, 2.45) is 11.7 Å². The van der Waals surface area contributed by atoms with Gasteiger partial charge in [-0.25, -0.2) is 0 Å². The zero-order valence-electron chi connectivity index (χ0n) is 10.8. The van der Waals surface area contributed by atoms with E-state index in [9.17, 15) is 9.59 Å². The zero-order chi connectivity index (χ0) is 13.4. The van der Waals surface area contributed by atoms with Crippen molar-refractivity contribution in [3.8, 4) is 0 Å². The van der Waals surface area contributed by atoms with Gasteiger partial charge in [0.2, 0.25) is 0 Å². The fourth-order valence-corrected chi connectivity index (χ4v) is 3.13. The second-order valence-electron chi connectivity index (χ2n) is 5.54. The average Bonchev–Trinajstić information content (AvgIpc) is 2.93. The molecule has 4 nitrogen and oxygen atoms in total. The topological polar surface area (TPSA) is 63.4 Å². The molecule has 1 aromatic rings. The standard InChI is InChI=1S/C15H18N2O2/c16-11-6-5-10(9-11)7-8-17-14(18)12-3-1-2-4-13(12)15(17)19/h1-4,10-11H,5-9,16H2. The quantitative estimate of drug-likeness (QED) is 0.841. The number of carbonyl (C=O) groups is 2. The number of hydrogen-bond acceptors (Lipinski definition) is 3. The molecule has 0 aromatic heterocycles. The molecule has 2 aliphatic rings. The van der Waals surface area contributed by atoms with E-state index >= 15 is 0 Å². The van der Waals surface area contributed by atoms with Gasteiger partial charge in [-0.2, -0.15) is 0 Å². The summed E-state index contributed by atoms with van der Waals surface area (Å²) < 4.78 is 0. The number of nitrogens with two attached hydrogens (primary N) is 1. The second-order valence-corrected chi connectivity index (χ2v) is 5.54. The van der Waals surface area contributed by atoms with Crippen LogP contribution < -0.4 is 5.73 Å². The molecule has 1 aromatic carbocycles. The molecule has 0 spiro atoms. The van der Waals surface area contributed by atoms with Crippen LogP contribution in [-0.4, -0.2) is 29.3 Å². The molecular weight excluding hydrogens is 240 g/mol. The Bertz CT molecular complexity index is 492. The van der Waals surface area contributed by atoms with Crippen LogP contribution >= 0.6 is 0 Å². The van der Waals surface area contributed by atoms with Crippen molar-refractivity contribution in [1.82, 2.24) is 4.90 Å². The largest absolute Gasteiger partial charge is 0.328 e. The monoisotopic (exact) mass is 258 g/mol. The number of nitrogens with zero attached hydrogens (tertiary/aromatic N) is 1. The molecule has 2 N–H and O–H groups in total. The summed E-state index contributed by atoms with van der Waals surface area (Å²) in [4.78, 5) is 25.7. The lowest BCUT2D eigenvalue weighted by Gasteiger charge is -2.16. The van der Waals surface area contributed by atoms with E-state index in [4.69, 9.17) is 5.73 Å². The maximum absolute atomic E-state index is 12.2. The predicted octanol–water partition coefficient (Wildman–Crippen LogP) is 1.80. The number of imide groups is 1. The number of benzene rings is 1. The lowest BCUT2D eigenvalue weighted by molar-refractivity contribution is 0.0646. The molecule has 4 heteroatoms. The van der Waals surface area contributed by atoms with E-state index in [-0.39, 0.29) is 11.8 Å². The summed E-state index contributed by atoms with van der Waals surface area (Å²) in [5, 5.41) is 0. The molecule has 0 bridgehead atoms. The van der Waals surface area contributed by atoms with E-state index in [0.29, 0.717) is 29.6 Å². The Balaban J connectivity index is 1.67. The highest BCUT2D eigenvalue weighted by Crippen LogP contribution is 2.29. The lowest BCUT2D eigenvalue weighted by Crippen LogP contribution is -2.31. The van der Waals surface area contributed by atoms with Gasteiger partial charge in [0.1, 0.15) is 0 Å². The first-order chi connectivity index (χ1) is 9.16. The third kappa shape index (κ3) is 2.16. The summed E-state index contributed by atoms with van der Waals surface area (Å²) in [6.07, 6.45) is 4.07. The fraction of sp³-hybridized carbons (Fsp3) is 0.467. The van der Waals surface area contributed by atoms with Gasteiger partial charge < -0.3 is 5.73 Å². The van der Waals surface area contributed by atoms with Crippen LogP contribution in [0.1, 0.15) is 46.4 Å². The van der Waals surface area contributed by atoms with Gasteiger partial charge in [-0.1, -0.05) is 12.1 Å². The van der Waals surface area contributed by atoms with E-state index in [0.717, 1.165) is 25.7 Å². The zero-order valence-corrected chi connectivity index (χ0v) is 10.8. The number of amides is 2. The molecule has 0 radical (unpaired) electrons. The normalized spacial score (nSPS) is 26.1. The van der Waals surface area contributed by atoms with Crippen LogP contribution in [0, 0.1) is 5.92 Å². The fourth-order valence-electron chi connectivity index (χ4n) is 3.13. The summed E-state index contributed by atoms with van der Waals surface area (Å²) in [6.45, 7) is 0.518. The first-order valence-electron chi connectivity index (χ1n) is 6.87. The molecule has 2 atom stereocenters. The summed E-state index contributed by atoms with van der Waals surface area (Å²) in [6, 6.07) is 7.34. The van der Waals surface area contributed by atoms with Crippen LogP contribution in [0.5, 0.6) is 0 Å². The highest BCUT2D eigenvalue weighted by atomic mass is 16.2. The Morgan fingerprint density at radius 1 is 1.11 bits per heavy atom. The van der Waals surface area contributed by atoms with Gasteiger partial charge in [0.15, 0.2) is 0 Å². The van der Waals surface area contributed by atoms with E-state index < -0.39 is 0 Å². The summed E-state index contributed by atoms with van der Waals surface area (Å²) in [5.41, 5.74) is 6.96. The first kappa shape index (κ1) is 12.4. The number of hydrogen-bond donors (Lipinski definition) is 1. The molecule has 1 fully saturated rings. The van der Waals surface area contributed by atoms with Crippen molar-refractivity contribution < 1.29 is 9.59 Å². The van der Waals surface area contributed by atoms with Crippen LogP contribution in [-0.2, 0) is 0 Å². The average molecular weight is 258 g/mol. The first-order valence-corrected chi connectivity index (χ1v) is 6.87. The van der Waals surface area contributed by atoms with Crippen LogP contribution in [0.25, 0.3) is 0 Å². The van der Waals surface area contributed by atoms with E-state index in [1.165, 1.54) is 4.90 Å². The third-order valence-corrected chi connectivity index (χ3v) is 4.22. The number of rotatable bonds is 3. The Hall–Kier alpha value is -1.68. The van der Waals surface area contributed by atoms with Crippen molar-refractivity contribution >= 4 is 11.8 Å². The van der Waals surface area contributed by atoms with Crippen LogP contribution in [0.2, 0.25) is 0 Å². The van der Waals surface area contributed by atoms with Gasteiger partial charge in [-0.15, -0.1) is 0 Å². The molecule has 2 unspecified atom stereocenters. The summed E-state index contributed by atoms with van der Waals surface area (Å²) >= 11 is 0. The van der Waals surface area contributed by atoms with Crippen molar-refractivity contribution in [3.05, 3.63) is 35.4 Å². The smallest absolute Gasteiger partial charge is 0.261 e. The van der Waals surface area contributed by atoms with E-state index in [2.05, 4.69) is 0 Å². The molecule has 2 amide bonds. The maximum atomic E-state index is 12.2. The molecule has 1 saturated carbocycles. The maximum Gasteiger partial charge on any atom is 0.261 e. The van der Waals surface area contributed by atoms with Gasteiger partial charge >= 0.3 is 0 Å². The van der Waals surface area contributed by atoms with E-state index in [1.807, 2.05) is 0 Å². The predicted molar refractivity (Wildman–Crippen MR) is 71.7 cm³/mol. The Morgan fingerprint density at radius 2 is 1.74 bits per heavy atom. The van der Waals surface area contributed by atoms with Gasteiger partial charge in [0.05, 0.1) is 11.1 Å². The van der Waals surface area contributed by atoms with Gasteiger partial charge in [0, 0.05) is 12.6 Å². The Labute approximate surface area is 112 Å². The van der Waals surface area contributed by atoms with Crippen LogP contribution in [0.3, 0.4) is 0 Å². The highest BCUT2D eigenvalue weighted by molar-refractivity contribution is 6.21. The molecule has 100 valence electrons. The van der Waals surface area contributed by atoms with E-state index in [1.54, 1.807) is 24.3 Å². The SMILES string of the molecule is NC1CCC(CCN2C(=O)c3ccccc3C2=O)C1. The van der Waals surface area contributed by atoms with Crippen molar-refractivity contribution in [1.29, 1.82) is 0 Å². The molecule has 1 heterocycles. The number of carbonyl (C=O) groups excluding carboxylic acids is 2. The minimum Gasteiger partial charge on any atom is -0.328 e. The third-order valence-electron chi connectivity index (χ3n) is 4.22. The molecule has 19 heavy (non-hydrogen) atoms. The van der Waals surface area contributed by atoms with Crippen molar-refractivity contribution in [2.45, 2.75) is 31.7 Å². The van der Waals surface area contributed by atoms with Crippen molar-refractivity contribution in [2.75, 3.05) is 6.54 Å². The van der Waals surface area contributed by atoms with Gasteiger partial charge in [-0.3, -0.25) is 14.5 Å². The Morgan fingerprint density at radius 3 is 2.26 bits per heavy atom. The van der Waals surface area contributed by atoms with Gasteiger partial charge in [0.25, 0.3) is 11.8 Å². The van der Waals surface area contributed by atoms with Gasteiger partial charge in [-0.05, 0) is 43.7 Å². The molecule has 1 aliphatic heterocycles. The van der Waals surface area contributed by atoms with Crippen molar-refractivity contribution in [3.63, 3.8) is 0 Å². The minimum absolute atomic E-state index is 0.150. The molecule has 1 aliphatic carbocycles. The second kappa shape index (κ2) is 4.78. The summed E-state index contributed by atoms with van der Waals surface area (Å²) in [7, 11) is 0. The Kier molecular flexibility index (Phi) is 3.11. The minimum atomic E-state index is -0.150. The lowest BCUT2D eigenvalue weighted by atomic mass is 10.0. The molecule has 3 rings (SSSR count). The summed E-state index contributed by atoms with van der Waals surface area (Å²) in [5.74, 6) is 0.255.